The number of nitrogens with zero attached hydrogens (tertiary/aromatic N) is 2. The van der Waals surface area contributed by atoms with Gasteiger partial charge in [0.1, 0.15) is 17.3 Å². The van der Waals surface area contributed by atoms with Crippen molar-refractivity contribution in [2.75, 3.05) is 40.4 Å². The second-order valence-electron chi connectivity index (χ2n) is 9.84. The van der Waals surface area contributed by atoms with Crippen LogP contribution in [0.3, 0.4) is 0 Å². The zero-order chi connectivity index (χ0) is 26.4. The minimum atomic E-state index is -0.704. The summed E-state index contributed by atoms with van der Waals surface area (Å²) in [6.45, 7) is 10.2. The molecule has 1 aliphatic heterocycles. The Morgan fingerprint density at radius 1 is 1.11 bits per heavy atom. The number of hydrogen-bond donors (Lipinski definition) is 1. The van der Waals surface area contributed by atoms with E-state index < -0.39 is 17.7 Å². The van der Waals surface area contributed by atoms with Gasteiger partial charge in [-0.25, -0.2) is 0 Å². The molecule has 2 aromatic rings. The molecular weight excluding hydrogens is 456 g/mol. The summed E-state index contributed by atoms with van der Waals surface area (Å²) < 4.78 is 11.5. The third kappa shape index (κ3) is 6.26. The first-order valence-corrected chi connectivity index (χ1v) is 12.5. The molecule has 7 nitrogen and oxygen atoms in total. The molecule has 0 aliphatic carbocycles. The number of aliphatic hydroxyl groups is 1. The van der Waals surface area contributed by atoms with Crippen LogP contribution in [0.5, 0.6) is 11.5 Å². The topological polar surface area (TPSA) is 79.3 Å². The third-order valence-electron chi connectivity index (χ3n) is 6.05. The number of ketones is 1. The fourth-order valence-electron chi connectivity index (χ4n) is 4.33. The molecule has 1 saturated heterocycles. The number of aryl methyl sites for hydroxylation is 1. The molecule has 194 valence electrons. The van der Waals surface area contributed by atoms with E-state index in [0.717, 1.165) is 23.4 Å². The smallest absolute Gasteiger partial charge is 0.295 e. The number of ether oxygens (including phenoxy) is 2. The minimum absolute atomic E-state index is 0.0914. The van der Waals surface area contributed by atoms with Crippen molar-refractivity contribution in [3.05, 3.63) is 64.7 Å². The predicted molar refractivity (Wildman–Crippen MR) is 141 cm³/mol. The molecule has 0 bridgehead atoms. The Balaban J connectivity index is 2.06. The number of aliphatic hydroxyl groups excluding tert-OH is 1. The Morgan fingerprint density at radius 3 is 2.50 bits per heavy atom. The SMILES string of the molecule is CCOc1cccc(C2/C(=C(\O)c3ccc(OCC(C)C)c(C)c3)C(=O)C(=O)N2CCCN(C)C)c1. The van der Waals surface area contributed by atoms with Crippen molar-refractivity contribution < 1.29 is 24.2 Å². The lowest BCUT2D eigenvalue weighted by Gasteiger charge is -2.26. The van der Waals surface area contributed by atoms with Crippen LogP contribution in [0.1, 0.15) is 49.9 Å². The lowest BCUT2D eigenvalue weighted by atomic mass is 9.94. The van der Waals surface area contributed by atoms with Gasteiger partial charge < -0.3 is 24.4 Å². The minimum Gasteiger partial charge on any atom is -0.507 e. The van der Waals surface area contributed by atoms with Crippen molar-refractivity contribution in [2.45, 2.75) is 40.2 Å². The molecule has 1 amide bonds. The van der Waals surface area contributed by atoms with Gasteiger partial charge in [0.05, 0.1) is 24.8 Å². The van der Waals surface area contributed by atoms with Crippen LogP contribution in [0.15, 0.2) is 48.0 Å². The first-order chi connectivity index (χ1) is 17.1. The standard InChI is InChI=1S/C29H38N2O5/c1-7-35-23-11-8-10-21(17-23)26-25(28(33)29(34)31(26)15-9-14-30(5)6)27(32)22-12-13-24(20(4)16-22)36-18-19(2)3/h8,10-13,16-17,19,26,32H,7,9,14-15,18H2,1-6H3/b27-25+. The summed E-state index contributed by atoms with van der Waals surface area (Å²) in [5.41, 5.74) is 2.13. The quantitative estimate of drug-likeness (QED) is 0.275. The second-order valence-corrected chi connectivity index (χ2v) is 9.84. The van der Waals surface area contributed by atoms with Gasteiger partial charge in [-0.2, -0.15) is 0 Å². The summed E-state index contributed by atoms with van der Waals surface area (Å²) in [5, 5.41) is 11.4. The zero-order valence-electron chi connectivity index (χ0n) is 22.2. The molecule has 1 aliphatic rings. The number of amides is 1. The van der Waals surface area contributed by atoms with Crippen LogP contribution >= 0.6 is 0 Å². The van der Waals surface area contributed by atoms with Gasteiger partial charge >= 0.3 is 0 Å². The van der Waals surface area contributed by atoms with Crippen LogP contribution in [-0.4, -0.2) is 67.0 Å². The molecule has 3 rings (SSSR count). The highest BCUT2D eigenvalue weighted by Crippen LogP contribution is 2.40. The van der Waals surface area contributed by atoms with Gasteiger partial charge in [-0.15, -0.1) is 0 Å². The summed E-state index contributed by atoms with van der Waals surface area (Å²) in [5.74, 6) is 0.293. The number of rotatable bonds is 11. The van der Waals surface area contributed by atoms with Crippen LogP contribution in [0.2, 0.25) is 0 Å². The molecule has 0 saturated carbocycles. The summed E-state index contributed by atoms with van der Waals surface area (Å²) >= 11 is 0. The highest BCUT2D eigenvalue weighted by atomic mass is 16.5. The second kappa shape index (κ2) is 12.1. The van der Waals surface area contributed by atoms with Crippen molar-refractivity contribution in [3.8, 4) is 11.5 Å². The molecule has 1 unspecified atom stereocenters. The maximum atomic E-state index is 13.3. The highest BCUT2D eigenvalue weighted by Gasteiger charge is 2.46. The van der Waals surface area contributed by atoms with Crippen molar-refractivity contribution >= 4 is 17.4 Å². The summed E-state index contributed by atoms with van der Waals surface area (Å²) in [6.07, 6.45) is 0.697. The molecule has 0 aromatic heterocycles. The summed E-state index contributed by atoms with van der Waals surface area (Å²) in [4.78, 5) is 30.0. The fourth-order valence-corrected chi connectivity index (χ4v) is 4.33. The van der Waals surface area contributed by atoms with Gasteiger partial charge in [0.15, 0.2) is 0 Å². The average Bonchev–Trinajstić information content (AvgIpc) is 3.08. The third-order valence-corrected chi connectivity index (χ3v) is 6.05. The molecule has 1 heterocycles. The summed E-state index contributed by atoms with van der Waals surface area (Å²) in [6, 6.07) is 12.0. The van der Waals surface area contributed by atoms with Crippen molar-refractivity contribution in [3.63, 3.8) is 0 Å². The van der Waals surface area contributed by atoms with Crippen LogP contribution in [0, 0.1) is 12.8 Å². The van der Waals surface area contributed by atoms with Crippen molar-refractivity contribution in [1.82, 2.24) is 9.80 Å². The lowest BCUT2D eigenvalue weighted by molar-refractivity contribution is -0.139. The molecule has 1 N–H and O–H groups in total. The van der Waals surface area contributed by atoms with Gasteiger partial charge in [0.25, 0.3) is 11.7 Å². The van der Waals surface area contributed by atoms with Crippen LogP contribution < -0.4 is 9.47 Å². The van der Waals surface area contributed by atoms with E-state index in [2.05, 4.69) is 13.8 Å². The zero-order valence-corrected chi connectivity index (χ0v) is 22.2. The van der Waals surface area contributed by atoms with E-state index in [4.69, 9.17) is 9.47 Å². The number of carbonyl (C=O) groups is 2. The number of benzene rings is 2. The molecule has 2 aromatic carbocycles. The van der Waals surface area contributed by atoms with E-state index in [9.17, 15) is 14.7 Å². The van der Waals surface area contributed by atoms with Gasteiger partial charge in [-0.05, 0) is 88.3 Å². The first kappa shape index (κ1) is 27.3. The predicted octanol–water partition coefficient (Wildman–Crippen LogP) is 4.80. The number of carbonyl (C=O) groups excluding carboxylic acids is 2. The Morgan fingerprint density at radius 2 is 1.86 bits per heavy atom. The van der Waals surface area contributed by atoms with E-state index in [1.807, 2.05) is 57.1 Å². The maximum absolute atomic E-state index is 13.3. The Hall–Kier alpha value is -3.32. The molecule has 36 heavy (non-hydrogen) atoms. The van der Waals surface area contributed by atoms with E-state index in [-0.39, 0.29) is 11.3 Å². The maximum Gasteiger partial charge on any atom is 0.295 e. The largest absolute Gasteiger partial charge is 0.507 e. The first-order valence-electron chi connectivity index (χ1n) is 12.5. The molecular formula is C29H38N2O5. The van der Waals surface area contributed by atoms with E-state index in [0.29, 0.717) is 43.4 Å². The number of likely N-dealkylation sites (tertiary alicyclic amines) is 1. The number of Topliss-reactive ketones (excluding diaryl/α,β-unsaturated/α-hetero) is 1. The van der Waals surface area contributed by atoms with E-state index >= 15 is 0 Å². The molecule has 1 atom stereocenters. The van der Waals surface area contributed by atoms with Gasteiger partial charge in [0, 0.05) is 12.1 Å². The lowest BCUT2D eigenvalue weighted by Crippen LogP contribution is -2.32. The van der Waals surface area contributed by atoms with Gasteiger partial charge in [-0.3, -0.25) is 9.59 Å². The Bertz CT molecular complexity index is 1120. The Kier molecular flexibility index (Phi) is 9.15. The summed E-state index contributed by atoms with van der Waals surface area (Å²) in [7, 11) is 3.93. The van der Waals surface area contributed by atoms with E-state index in [1.54, 1.807) is 23.1 Å². The van der Waals surface area contributed by atoms with Gasteiger partial charge in [-0.1, -0.05) is 26.0 Å². The molecule has 0 spiro atoms. The van der Waals surface area contributed by atoms with Crippen LogP contribution in [0.25, 0.3) is 5.76 Å². The number of hydrogen-bond acceptors (Lipinski definition) is 6. The van der Waals surface area contributed by atoms with Gasteiger partial charge in [0.2, 0.25) is 0 Å². The molecule has 0 radical (unpaired) electrons. The van der Waals surface area contributed by atoms with Crippen LogP contribution in [-0.2, 0) is 9.59 Å². The Labute approximate surface area is 214 Å². The van der Waals surface area contributed by atoms with Crippen LogP contribution in [0.4, 0.5) is 0 Å². The van der Waals surface area contributed by atoms with Crippen molar-refractivity contribution in [2.24, 2.45) is 5.92 Å². The monoisotopic (exact) mass is 494 g/mol. The van der Waals surface area contributed by atoms with E-state index in [1.165, 1.54) is 0 Å². The average molecular weight is 495 g/mol. The highest BCUT2D eigenvalue weighted by molar-refractivity contribution is 6.46. The molecule has 7 heteroatoms. The molecule has 1 fully saturated rings. The van der Waals surface area contributed by atoms with Crippen molar-refractivity contribution in [1.29, 1.82) is 0 Å². The fraction of sp³-hybridized carbons (Fsp3) is 0.448. The normalized spacial score (nSPS) is 17.3.